The van der Waals surface area contributed by atoms with E-state index in [2.05, 4.69) is 29.2 Å². The molecule has 2 atom stereocenters. The van der Waals surface area contributed by atoms with Gasteiger partial charge < -0.3 is 20.3 Å². The number of nitrogens with zero attached hydrogens (tertiary/aromatic N) is 1. The number of carbonyl (C=O) groups is 3. The van der Waals surface area contributed by atoms with Crippen molar-refractivity contribution >= 4 is 30.5 Å². The molecule has 0 saturated heterocycles. The number of terminal acetylenes is 1. The normalized spacial score (nSPS) is 13.0. The highest BCUT2D eigenvalue weighted by molar-refractivity contribution is 7.80. The van der Waals surface area contributed by atoms with Crippen LogP contribution in [0.2, 0.25) is 0 Å². The summed E-state index contributed by atoms with van der Waals surface area (Å²) in [7, 11) is 0. The predicted molar refractivity (Wildman–Crippen MR) is 149 cm³/mol. The maximum Gasteiger partial charge on any atom is 0.408 e. The van der Waals surface area contributed by atoms with Gasteiger partial charge >= 0.3 is 6.09 Å². The molecule has 198 valence electrons. The van der Waals surface area contributed by atoms with Crippen LogP contribution >= 0.6 is 12.6 Å². The van der Waals surface area contributed by atoms with Crippen LogP contribution in [0, 0.1) is 12.3 Å². The highest BCUT2D eigenvalue weighted by Crippen LogP contribution is 2.32. The van der Waals surface area contributed by atoms with Crippen LogP contribution in [-0.4, -0.2) is 45.7 Å². The fraction of sp³-hybridized carbons (Fsp3) is 0.414. The highest BCUT2D eigenvalue weighted by atomic mass is 32.1. The van der Waals surface area contributed by atoms with Crippen LogP contribution < -0.4 is 10.6 Å². The van der Waals surface area contributed by atoms with Gasteiger partial charge in [0, 0.05) is 23.4 Å². The van der Waals surface area contributed by atoms with Crippen molar-refractivity contribution in [2.24, 2.45) is 0 Å². The number of thiol groups is 1. The summed E-state index contributed by atoms with van der Waals surface area (Å²) in [6.07, 6.45) is 5.03. The molecule has 0 aliphatic heterocycles. The van der Waals surface area contributed by atoms with E-state index in [1.165, 1.54) is 4.90 Å². The van der Waals surface area contributed by atoms with Gasteiger partial charge in [-0.2, -0.15) is 12.6 Å². The Morgan fingerprint density at radius 3 is 2.14 bits per heavy atom. The standard InChI is InChI=1S/C29H37N3O4S/c1-8-21-16-12-13-17-22(21)24(25(33)30-18-20-14-10-9-11-15-20)32(28(2,3)4)26(34)23(19-37)31-27(35)36-29(5,6)7/h1,9-17,23-24,37H,18-19H2,2-7H3,(H,30,33)(H,31,35). The number of rotatable bonds is 8. The number of ether oxygens (including phenoxy) is 1. The zero-order chi connectivity index (χ0) is 27.8. The summed E-state index contributed by atoms with van der Waals surface area (Å²) >= 11 is 4.32. The van der Waals surface area contributed by atoms with Crippen LogP contribution in [0.25, 0.3) is 0 Å². The number of nitrogens with one attached hydrogen (secondary N) is 2. The summed E-state index contributed by atoms with van der Waals surface area (Å²) < 4.78 is 5.34. The number of benzene rings is 2. The summed E-state index contributed by atoms with van der Waals surface area (Å²) in [6, 6.07) is 14.4. The molecule has 2 aromatic rings. The first-order valence-corrected chi connectivity index (χ1v) is 12.7. The Kier molecular flexibility index (Phi) is 10.2. The van der Waals surface area contributed by atoms with Gasteiger partial charge in [-0.05, 0) is 58.7 Å². The SMILES string of the molecule is C#Cc1ccccc1C(C(=O)NCc1ccccc1)N(C(=O)C(CS)NC(=O)OC(C)(C)C)C(C)(C)C. The first-order chi connectivity index (χ1) is 17.3. The van der Waals surface area contributed by atoms with E-state index < -0.39 is 41.1 Å². The molecule has 2 aromatic carbocycles. The number of hydrogen-bond acceptors (Lipinski definition) is 5. The van der Waals surface area contributed by atoms with Gasteiger partial charge in [0.15, 0.2) is 0 Å². The Morgan fingerprint density at radius 2 is 1.59 bits per heavy atom. The molecule has 0 aliphatic rings. The average Bonchev–Trinajstić information content (AvgIpc) is 2.82. The summed E-state index contributed by atoms with van der Waals surface area (Å²) in [6.45, 7) is 10.9. The van der Waals surface area contributed by atoms with E-state index in [0.29, 0.717) is 11.1 Å². The van der Waals surface area contributed by atoms with Crippen LogP contribution in [0.3, 0.4) is 0 Å². The molecule has 0 aliphatic carbocycles. The molecule has 0 radical (unpaired) electrons. The summed E-state index contributed by atoms with van der Waals surface area (Å²) in [5.74, 6) is 1.74. The quantitative estimate of drug-likeness (QED) is 0.352. The number of hydrogen-bond donors (Lipinski definition) is 3. The van der Waals surface area contributed by atoms with E-state index in [-0.39, 0.29) is 12.3 Å². The molecule has 0 aromatic heterocycles. The third-order valence-electron chi connectivity index (χ3n) is 5.36. The second-order valence-corrected chi connectivity index (χ2v) is 11.0. The van der Waals surface area contributed by atoms with E-state index in [0.717, 1.165) is 5.56 Å². The minimum atomic E-state index is -1.06. The van der Waals surface area contributed by atoms with Crippen molar-refractivity contribution in [1.29, 1.82) is 0 Å². The van der Waals surface area contributed by atoms with E-state index in [1.54, 1.807) is 45.0 Å². The molecule has 3 amide bonds. The van der Waals surface area contributed by atoms with Crippen LogP contribution in [-0.2, 0) is 20.9 Å². The van der Waals surface area contributed by atoms with E-state index in [1.807, 2.05) is 51.1 Å². The van der Waals surface area contributed by atoms with Crippen molar-refractivity contribution in [2.45, 2.75) is 71.3 Å². The first kappa shape index (κ1) is 29.8. The minimum absolute atomic E-state index is 0.000202. The fourth-order valence-electron chi connectivity index (χ4n) is 3.79. The summed E-state index contributed by atoms with van der Waals surface area (Å²) in [4.78, 5) is 41.7. The Labute approximate surface area is 225 Å². The van der Waals surface area contributed by atoms with Gasteiger partial charge in [0.05, 0.1) is 0 Å². The lowest BCUT2D eigenvalue weighted by molar-refractivity contribution is -0.148. The van der Waals surface area contributed by atoms with Crippen LogP contribution in [0.15, 0.2) is 54.6 Å². The van der Waals surface area contributed by atoms with Gasteiger partial charge in [0.2, 0.25) is 11.8 Å². The third kappa shape index (κ3) is 8.57. The lowest BCUT2D eigenvalue weighted by atomic mass is 9.93. The van der Waals surface area contributed by atoms with E-state index >= 15 is 0 Å². The average molecular weight is 524 g/mol. The van der Waals surface area contributed by atoms with Gasteiger partial charge in [-0.3, -0.25) is 9.59 Å². The van der Waals surface area contributed by atoms with Crippen molar-refractivity contribution in [1.82, 2.24) is 15.5 Å². The maximum absolute atomic E-state index is 14.0. The Morgan fingerprint density at radius 1 is 1.00 bits per heavy atom. The zero-order valence-corrected chi connectivity index (χ0v) is 23.3. The van der Waals surface area contributed by atoms with E-state index in [4.69, 9.17) is 11.2 Å². The molecule has 37 heavy (non-hydrogen) atoms. The summed E-state index contributed by atoms with van der Waals surface area (Å²) in [5, 5.41) is 5.56. The first-order valence-electron chi connectivity index (χ1n) is 12.1. The molecular weight excluding hydrogens is 486 g/mol. The molecule has 7 nitrogen and oxygen atoms in total. The predicted octanol–water partition coefficient (Wildman–Crippen LogP) is 4.48. The fourth-order valence-corrected chi connectivity index (χ4v) is 4.04. The molecule has 2 unspecified atom stereocenters. The highest BCUT2D eigenvalue weighted by Gasteiger charge is 2.42. The molecule has 2 N–H and O–H groups in total. The van der Waals surface area contributed by atoms with Crippen LogP contribution in [0.1, 0.15) is 64.3 Å². The number of alkyl carbamates (subject to hydrolysis) is 1. The summed E-state index contributed by atoms with van der Waals surface area (Å²) in [5.41, 5.74) is 0.336. The van der Waals surface area contributed by atoms with Crippen molar-refractivity contribution in [3.05, 3.63) is 71.3 Å². The topological polar surface area (TPSA) is 87.7 Å². The molecule has 0 bridgehead atoms. The smallest absolute Gasteiger partial charge is 0.408 e. The third-order valence-corrected chi connectivity index (χ3v) is 5.72. The molecule has 0 fully saturated rings. The van der Waals surface area contributed by atoms with Gasteiger partial charge in [0.1, 0.15) is 17.7 Å². The largest absolute Gasteiger partial charge is 0.444 e. The van der Waals surface area contributed by atoms with Crippen LogP contribution in [0.5, 0.6) is 0 Å². The molecular formula is C29H37N3O4S. The van der Waals surface area contributed by atoms with Crippen molar-refractivity contribution < 1.29 is 19.1 Å². The zero-order valence-electron chi connectivity index (χ0n) is 22.4. The number of amides is 3. The molecule has 0 saturated carbocycles. The lowest BCUT2D eigenvalue weighted by Gasteiger charge is -2.43. The molecule has 0 heterocycles. The molecule has 0 spiro atoms. The van der Waals surface area contributed by atoms with Crippen molar-refractivity contribution in [3.63, 3.8) is 0 Å². The molecule has 8 heteroatoms. The Bertz CT molecular complexity index is 1130. The minimum Gasteiger partial charge on any atom is -0.444 e. The second kappa shape index (κ2) is 12.7. The number of carbonyl (C=O) groups excluding carboxylic acids is 3. The Hall–Kier alpha value is -3.44. The Balaban J connectivity index is 2.52. The van der Waals surface area contributed by atoms with Crippen LogP contribution in [0.4, 0.5) is 4.79 Å². The van der Waals surface area contributed by atoms with Gasteiger partial charge in [-0.25, -0.2) is 4.79 Å². The van der Waals surface area contributed by atoms with Gasteiger partial charge in [-0.1, -0.05) is 54.5 Å². The van der Waals surface area contributed by atoms with Crippen molar-refractivity contribution in [3.8, 4) is 12.3 Å². The lowest BCUT2D eigenvalue weighted by Crippen LogP contribution is -2.59. The van der Waals surface area contributed by atoms with Crippen molar-refractivity contribution in [2.75, 3.05) is 5.75 Å². The second-order valence-electron chi connectivity index (χ2n) is 10.6. The van der Waals surface area contributed by atoms with Gasteiger partial charge in [-0.15, -0.1) is 6.42 Å². The van der Waals surface area contributed by atoms with E-state index in [9.17, 15) is 14.4 Å². The maximum atomic E-state index is 14.0. The monoisotopic (exact) mass is 523 g/mol. The molecule has 2 rings (SSSR count). The van der Waals surface area contributed by atoms with Gasteiger partial charge in [0.25, 0.3) is 0 Å².